The van der Waals surface area contributed by atoms with Gasteiger partial charge in [-0.2, -0.15) is 5.10 Å². The van der Waals surface area contributed by atoms with E-state index in [0.29, 0.717) is 11.5 Å². The lowest BCUT2D eigenvalue weighted by atomic mass is 10.1. The van der Waals surface area contributed by atoms with Gasteiger partial charge in [0.25, 0.3) is 11.6 Å². The molecular formula is C23H25N5O3. The lowest BCUT2D eigenvalue weighted by molar-refractivity contribution is -0.384. The summed E-state index contributed by atoms with van der Waals surface area (Å²) in [7, 11) is 0. The molecule has 8 nitrogen and oxygen atoms in total. The number of aryl methyl sites for hydroxylation is 3. The lowest BCUT2D eigenvalue weighted by Crippen LogP contribution is -2.20. The normalized spacial score (nSPS) is 13.5. The lowest BCUT2D eigenvalue weighted by Gasteiger charge is -2.18. The maximum absolute atomic E-state index is 13.0. The van der Waals surface area contributed by atoms with E-state index >= 15 is 0 Å². The standard InChI is InChI=1S/C23H25N5O3/c1-15-10-16(2)12-19(11-15)27-22(13-17(3)25-27)24-23(29)18-6-7-20(21(14-18)28(30)31)26-8-4-5-9-26/h6-7,10-14H,4-5,8-9H2,1-3H3,(H,24,29). The number of nitro groups is 1. The number of hydrogen-bond acceptors (Lipinski definition) is 5. The van der Waals surface area contributed by atoms with E-state index in [2.05, 4.69) is 16.5 Å². The summed E-state index contributed by atoms with van der Waals surface area (Å²) in [4.78, 5) is 26.2. The number of carbonyl (C=O) groups excluding carboxylic acids is 1. The van der Waals surface area contributed by atoms with Gasteiger partial charge in [0.1, 0.15) is 11.5 Å². The third-order valence-corrected chi connectivity index (χ3v) is 5.41. The van der Waals surface area contributed by atoms with Crippen LogP contribution in [0, 0.1) is 30.9 Å². The predicted molar refractivity (Wildman–Crippen MR) is 120 cm³/mol. The molecule has 4 rings (SSSR count). The molecule has 31 heavy (non-hydrogen) atoms. The Labute approximate surface area is 180 Å². The quantitative estimate of drug-likeness (QED) is 0.483. The fourth-order valence-corrected chi connectivity index (χ4v) is 4.08. The van der Waals surface area contributed by atoms with Crippen LogP contribution in [0.4, 0.5) is 17.2 Å². The molecule has 0 aliphatic carbocycles. The van der Waals surface area contributed by atoms with Crippen molar-refractivity contribution in [2.75, 3.05) is 23.3 Å². The molecule has 8 heteroatoms. The summed E-state index contributed by atoms with van der Waals surface area (Å²) in [6.07, 6.45) is 2.03. The van der Waals surface area contributed by atoms with Crippen LogP contribution in [-0.4, -0.2) is 33.7 Å². The Morgan fingerprint density at radius 1 is 1.03 bits per heavy atom. The molecule has 0 bridgehead atoms. The van der Waals surface area contributed by atoms with E-state index in [-0.39, 0.29) is 11.3 Å². The van der Waals surface area contributed by atoms with Crippen LogP contribution in [0.15, 0.2) is 42.5 Å². The molecule has 0 radical (unpaired) electrons. The first-order valence-corrected chi connectivity index (χ1v) is 10.3. The molecule has 3 aromatic rings. The Morgan fingerprint density at radius 2 is 1.71 bits per heavy atom. The molecule has 2 heterocycles. The zero-order chi connectivity index (χ0) is 22.1. The second-order valence-corrected chi connectivity index (χ2v) is 8.04. The summed E-state index contributed by atoms with van der Waals surface area (Å²) in [5.41, 5.74) is 4.53. The minimum atomic E-state index is -0.422. The molecule has 0 spiro atoms. The van der Waals surface area contributed by atoms with Crippen molar-refractivity contribution in [2.45, 2.75) is 33.6 Å². The van der Waals surface area contributed by atoms with Gasteiger partial charge in [0, 0.05) is 30.8 Å². The SMILES string of the molecule is Cc1cc(C)cc(-n2nc(C)cc2NC(=O)c2ccc(N3CCCC3)c([N+](=O)[O-])c2)c1. The summed E-state index contributed by atoms with van der Waals surface area (Å²) in [5, 5.41) is 19.0. The number of rotatable bonds is 5. The fourth-order valence-electron chi connectivity index (χ4n) is 4.08. The third kappa shape index (κ3) is 4.28. The maximum Gasteiger partial charge on any atom is 0.293 e. The third-order valence-electron chi connectivity index (χ3n) is 5.41. The highest BCUT2D eigenvalue weighted by Crippen LogP contribution is 2.32. The van der Waals surface area contributed by atoms with Crippen molar-refractivity contribution >= 4 is 23.1 Å². The number of nitrogens with one attached hydrogen (secondary N) is 1. The van der Waals surface area contributed by atoms with Gasteiger partial charge >= 0.3 is 0 Å². The van der Waals surface area contributed by atoms with Crippen molar-refractivity contribution in [3.05, 3.63) is 75.0 Å². The molecule has 1 aliphatic heterocycles. The molecule has 1 amide bonds. The highest BCUT2D eigenvalue weighted by molar-refractivity contribution is 6.04. The van der Waals surface area contributed by atoms with Crippen molar-refractivity contribution in [1.29, 1.82) is 0 Å². The van der Waals surface area contributed by atoms with E-state index in [1.165, 1.54) is 6.07 Å². The first-order valence-electron chi connectivity index (χ1n) is 10.3. The van der Waals surface area contributed by atoms with Gasteiger partial charge in [-0.25, -0.2) is 4.68 Å². The molecule has 1 aliphatic rings. The zero-order valence-corrected chi connectivity index (χ0v) is 17.9. The number of nitro benzene ring substituents is 1. The Bertz CT molecular complexity index is 1140. The minimum absolute atomic E-state index is 0.0476. The van der Waals surface area contributed by atoms with Gasteiger partial charge in [0.15, 0.2) is 0 Å². The molecule has 1 fully saturated rings. The van der Waals surface area contributed by atoms with Crippen LogP contribution in [-0.2, 0) is 0 Å². The molecule has 0 atom stereocenters. The van der Waals surface area contributed by atoms with Gasteiger partial charge in [-0.15, -0.1) is 0 Å². The Kier molecular flexibility index (Phi) is 5.46. The highest BCUT2D eigenvalue weighted by Gasteiger charge is 2.24. The Balaban J connectivity index is 1.65. The van der Waals surface area contributed by atoms with Crippen molar-refractivity contribution in [1.82, 2.24) is 9.78 Å². The van der Waals surface area contributed by atoms with Gasteiger partial charge in [-0.3, -0.25) is 14.9 Å². The first kappa shape index (κ1) is 20.6. The zero-order valence-electron chi connectivity index (χ0n) is 17.9. The monoisotopic (exact) mass is 419 g/mol. The number of nitrogens with zero attached hydrogens (tertiary/aromatic N) is 4. The highest BCUT2D eigenvalue weighted by atomic mass is 16.6. The fraction of sp³-hybridized carbons (Fsp3) is 0.304. The van der Waals surface area contributed by atoms with Crippen LogP contribution in [0.1, 0.15) is 40.0 Å². The summed E-state index contributed by atoms with van der Waals surface area (Å²) >= 11 is 0. The van der Waals surface area contributed by atoms with Gasteiger partial charge in [0.05, 0.1) is 16.3 Å². The Hall–Kier alpha value is -3.68. The van der Waals surface area contributed by atoms with Crippen LogP contribution in [0.3, 0.4) is 0 Å². The minimum Gasteiger partial charge on any atom is -0.366 e. The second kappa shape index (κ2) is 8.22. The number of amides is 1. The predicted octanol–water partition coefficient (Wildman–Crippen LogP) is 4.56. The van der Waals surface area contributed by atoms with E-state index < -0.39 is 10.8 Å². The molecule has 1 saturated heterocycles. The summed E-state index contributed by atoms with van der Waals surface area (Å²) < 4.78 is 1.68. The van der Waals surface area contributed by atoms with Gasteiger partial charge in [-0.05, 0) is 69.0 Å². The van der Waals surface area contributed by atoms with Gasteiger partial charge < -0.3 is 10.2 Å². The van der Waals surface area contributed by atoms with Crippen molar-refractivity contribution in [2.24, 2.45) is 0 Å². The van der Waals surface area contributed by atoms with E-state index in [0.717, 1.165) is 48.4 Å². The molecule has 2 aromatic carbocycles. The second-order valence-electron chi connectivity index (χ2n) is 8.04. The van der Waals surface area contributed by atoms with E-state index in [1.807, 2.05) is 37.8 Å². The number of carbonyl (C=O) groups is 1. The average Bonchev–Trinajstić information content (AvgIpc) is 3.36. The van der Waals surface area contributed by atoms with Gasteiger partial charge in [-0.1, -0.05) is 6.07 Å². The largest absolute Gasteiger partial charge is 0.366 e. The molecule has 160 valence electrons. The van der Waals surface area contributed by atoms with Crippen LogP contribution in [0.2, 0.25) is 0 Å². The summed E-state index contributed by atoms with van der Waals surface area (Å²) in [6.45, 7) is 7.45. The van der Waals surface area contributed by atoms with Crippen LogP contribution in [0.5, 0.6) is 0 Å². The van der Waals surface area contributed by atoms with E-state index in [1.54, 1.807) is 22.9 Å². The van der Waals surface area contributed by atoms with Crippen LogP contribution < -0.4 is 10.2 Å². The van der Waals surface area contributed by atoms with Crippen LogP contribution >= 0.6 is 0 Å². The summed E-state index contributed by atoms with van der Waals surface area (Å²) in [6, 6.07) is 12.5. The van der Waals surface area contributed by atoms with Crippen molar-refractivity contribution < 1.29 is 9.72 Å². The number of benzene rings is 2. The van der Waals surface area contributed by atoms with E-state index in [4.69, 9.17) is 0 Å². The molecule has 1 aromatic heterocycles. The number of anilines is 2. The molecule has 0 saturated carbocycles. The summed E-state index contributed by atoms with van der Waals surface area (Å²) in [5.74, 6) is 0.0976. The van der Waals surface area contributed by atoms with Crippen molar-refractivity contribution in [3.8, 4) is 5.69 Å². The average molecular weight is 419 g/mol. The van der Waals surface area contributed by atoms with Gasteiger partial charge in [0.2, 0.25) is 0 Å². The maximum atomic E-state index is 13.0. The molecular weight excluding hydrogens is 394 g/mol. The smallest absolute Gasteiger partial charge is 0.293 e. The topological polar surface area (TPSA) is 93.3 Å². The molecule has 0 unspecified atom stereocenters. The number of aromatic nitrogens is 2. The number of hydrogen-bond donors (Lipinski definition) is 1. The van der Waals surface area contributed by atoms with Crippen LogP contribution in [0.25, 0.3) is 5.69 Å². The Morgan fingerprint density at radius 3 is 2.35 bits per heavy atom. The molecule has 1 N–H and O–H groups in total. The van der Waals surface area contributed by atoms with E-state index in [9.17, 15) is 14.9 Å². The van der Waals surface area contributed by atoms with Crippen molar-refractivity contribution in [3.63, 3.8) is 0 Å². The first-order chi connectivity index (χ1) is 14.8.